The van der Waals surface area contributed by atoms with E-state index in [0.717, 1.165) is 6.92 Å². The number of esters is 1. The van der Waals surface area contributed by atoms with E-state index >= 15 is 0 Å². The smallest absolute Gasteiger partial charge is 0.305 e. The van der Waals surface area contributed by atoms with Gasteiger partial charge < -0.3 is 40.1 Å². The van der Waals surface area contributed by atoms with Gasteiger partial charge in [0.25, 0.3) is 0 Å². The van der Waals surface area contributed by atoms with E-state index < -0.39 is 59.6 Å². The number of aromatic hydroxyl groups is 2. The third kappa shape index (κ3) is 3.07. The molecule has 0 spiro atoms. The minimum Gasteiger partial charge on any atom is -0.507 e. The van der Waals surface area contributed by atoms with E-state index in [1.807, 2.05) is 0 Å². The van der Waals surface area contributed by atoms with Gasteiger partial charge in [0.1, 0.15) is 41.5 Å². The average molecular weight is 446 g/mol. The number of aliphatic hydroxyl groups is 4. The number of aliphatic hydroxyl groups excluding tert-OH is 3. The Morgan fingerprint density at radius 1 is 1.00 bits per heavy atom. The predicted octanol–water partition coefficient (Wildman–Crippen LogP) is -0.443. The molecule has 2 aliphatic rings. The molecule has 0 saturated carbocycles. The Balaban J connectivity index is 1.99. The number of phenolic OH excluding ortho intramolecular Hbond substituents is 2. The summed E-state index contributed by atoms with van der Waals surface area (Å²) in [5.74, 6) is -2.58. The Morgan fingerprint density at radius 2 is 1.66 bits per heavy atom. The van der Waals surface area contributed by atoms with Gasteiger partial charge in [0, 0.05) is 18.1 Å². The highest BCUT2D eigenvalue weighted by Crippen LogP contribution is 2.50. The third-order valence-corrected chi connectivity index (χ3v) is 5.84. The number of ketones is 1. The summed E-state index contributed by atoms with van der Waals surface area (Å²) in [7, 11) is 0. The van der Waals surface area contributed by atoms with Crippen LogP contribution in [0.3, 0.4) is 0 Å². The molecule has 6 N–H and O–H groups in total. The Kier molecular flexibility index (Phi) is 5.23. The van der Waals surface area contributed by atoms with Gasteiger partial charge in [0.05, 0.1) is 11.1 Å². The highest BCUT2D eigenvalue weighted by atomic mass is 16.7. The minimum absolute atomic E-state index is 0.146. The first-order chi connectivity index (χ1) is 15.0. The molecule has 6 atom stereocenters. The van der Waals surface area contributed by atoms with E-state index in [1.54, 1.807) is 6.92 Å². The summed E-state index contributed by atoms with van der Waals surface area (Å²) in [5.41, 5.74) is -2.91. The standard InChI is InChI=1S/C22H22O10/c1-8-6-11-15(13(25)7-8)16(26)14-10(4-3-5-12(14)24)22(11,30)20-18(28)17(27)19(29)21(32-20)31-9(2)23/h3-7,17-21,24-25,27-30H,1-2H3/t17-,18-,19-,20+,21+,22+/m1/s1. The molecule has 0 bridgehead atoms. The third-order valence-electron chi connectivity index (χ3n) is 5.84. The number of phenols is 2. The van der Waals surface area contributed by atoms with E-state index in [9.17, 15) is 40.2 Å². The van der Waals surface area contributed by atoms with Gasteiger partial charge in [-0.05, 0) is 24.6 Å². The summed E-state index contributed by atoms with van der Waals surface area (Å²) in [5, 5.41) is 64.3. The number of rotatable bonds is 2. The van der Waals surface area contributed by atoms with Crippen LogP contribution in [0.15, 0.2) is 30.3 Å². The van der Waals surface area contributed by atoms with Crippen molar-refractivity contribution in [3.05, 3.63) is 58.1 Å². The molecular weight excluding hydrogens is 424 g/mol. The van der Waals surface area contributed by atoms with E-state index in [1.165, 1.54) is 30.3 Å². The van der Waals surface area contributed by atoms with Crippen LogP contribution in [0.25, 0.3) is 0 Å². The molecule has 2 aromatic carbocycles. The predicted molar refractivity (Wildman–Crippen MR) is 106 cm³/mol. The maximum absolute atomic E-state index is 13.1. The number of benzene rings is 2. The minimum atomic E-state index is -2.40. The van der Waals surface area contributed by atoms with Gasteiger partial charge in [-0.1, -0.05) is 18.2 Å². The molecule has 1 aliphatic heterocycles. The van der Waals surface area contributed by atoms with Crippen molar-refractivity contribution in [2.24, 2.45) is 0 Å². The van der Waals surface area contributed by atoms with Gasteiger partial charge in [0.2, 0.25) is 12.1 Å². The number of fused-ring (bicyclic) bond motifs is 2. The first-order valence-corrected chi connectivity index (χ1v) is 9.79. The summed E-state index contributed by atoms with van der Waals surface area (Å²) < 4.78 is 10.5. The lowest BCUT2D eigenvalue weighted by molar-refractivity contribution is -0.313. The van der Waals surface area contributed by atoms with Gasteiger partial charge in [0.15, 0.2) is 0 Å². The van der Waals surface area contributed by atoms with Crippen molar-refractivity contribution in [1.82, 2.24) is 0 Å². The molecule has 0 unspecified atom stereocenters. The van der Waals surface area contributed by atoms with Crippen LogP contribution in [0.5, 0.6) is 11.5 Å². The van der Waals surface area contributed by atoms with Crippen LogP contribution in [0, 0.1) is 6.92 Å². The molecule has 10 heteroatoms. The zero-order chi connectivity index (χ0) is 23.5. The lowest BCUT2D eigenvalue weighted by Crippen LogP contribution is -2.65. The van der Waals surface area contributed by atoms with Crippen molar-refractivity contribution in [3.8, 4) is 11.5 Å². The SMILES string of the molecule is CC(=O)O[C@H]1O[C@H]([C@]2(O)c3cccc(O)c3C(=O)c3c(O)cc(C)cc32)[C@H](O)[C@@H](O)[C@H]1O. The lowest BCUT2D eigenvalue weighted by atomic mass is 9.68. The van der Waals surface area contributed by atoms with E-state index in [4.69, 9.17) is 9.47 Å². The topological polar surface area (TPSA) is 174 Å². The molecule has 1 saturated heterocycles. The summed E-state index contributed by atoms with van der Waals surface area (Å²) in [6.07, 6.45) is -9.17. The fraction of sp³-hybridized carbons (Fsp3) is 0.364. The quantitative estimate of drug-likeness (QED) is 0.332. The fourth-order valence-corrected chi connectivity index (χ4v) is 4.43. The summed E-state index contributed by atoms with van der Waals surface area (Å²) in [6.45, 7) is 2.64. The van der Waals surface area contributed by atoms with E-state index in [0.29, 0.717) is 5.56 Å². The van der Waals surface area contributed by atoms with E-state index in [2.05, 4.69) is 0 Å². The van der Waals surface area contributed by atoms with Crippen molar-refractivity contribution in [1.29, 1.82) is 0 Å². The molecule has 4 rings (SSSR count). The maximum atomic E-state index is 13.1. The Bertz CT molecular complexity index is 1110. The Morgan fingerprint density at radius 3 is 2.31 bits per heavy atom. The average Bonchev–Trinajstić information content (AvgIpc) is 2.71. The number of hydrogen-bond donors (Lipinski definition) is 6. The summed E-state index contributed by atoms with van der Waals surface area (Å²) in [4.78, 5) is 24.6. The Hall–Kier alpha value is -3.02. The Labute approximate surface area is 181 Å². The maximum Gasteiger partial charge on any atom is 0.305 e. The van der Waals surface area contributed by atoms with Crippen LogP contribution in [0.1, 0.15) is 39.5 Å². The van der Waals surface area contributed by atoms with Crippen molar-refractivity contribution in [2.75, 3.05) is 0 Å². The molecule has 0 aromatic heterocycles. The number of carbonyl (C=O) groups is 2. The number of ether oxygens (including phenoxy) is 2. The summed E-state index contributed by atoms with van der Waals surface area (Å²) >= 11 is 0. The largest absolute Gasteiger partial charge is 0.507 e. The highest BCUT2D eigenvalue weighted by Gasteiger charge is 2.58. The van der Waals surface area contributed by atoms with Crippen molar-refractivity contribution < 1.29 is 49.7 Å². The second kappa shape index (κ2) is 7.54. The second-order valence-electron chi connectivity index (χ2n) is 8.01. The number of aryl methyl sites for hydroxylation is 1. The molecule has 2 aromatic rings. The molecule has 0 amide bonds. The first kappa shape index (κ1) is 22.2. The van der Waals surface area contributed by atoms with Crippen LogP contribution >= 0.6 is 0 Å². The molecule has 1 aliphatic carbocycles. The van der Waals surface area contributed by atoms with Gasteiger partial charge >= 0.3 is 5.97 Å². The van der Waals surface area contributed by atoms with Crippen molar-refractivity contribution in [2.45, 2.75) is 50.2 Å². The van der Waals surface area contributed by atoms with Gasteiger partial charge in [-0.15, -0.1) is 0 Å². The van der Waals surface area contributed by atoms with Gasteiger partial charge in [-0.2, -0.15) is 0 Å². The molecule has 1 fully saturated rings. The number of hydrogen-bond acceptors (Lipinski definition) is 10. The second-order valence-corrected chi connectivity index (χ2v) is 8.01. The molecule has 32 heavy (non-hydrogen) atoms. The molecule has 10 nitrogen and oxygen atoms in total. The van der Waals surface area contributed by atoms with Crippen LogP contribution in [0.4, 0.5) is 0 Å². The van der Waals surface area contributed by atoms with Crippen molar-refractivity contribution >= 4 is 11.8 Å². The lowest BCUT2D eigenvalue weighted by Gasteiger charge is -2.48. The first-order valence-electron chi connectivity index (χ1n) is 9.79. The van der Waals surface area contributed by atoms with Crippen LogP contribution in [-0.4, -0.2) is 73.1 Å². The molecule has 0 radical (unpaired) electrons. The molecule has 1 heterocycles. The number of carbonyl (C=O) groups excluding carboxylic acids is 2. The van der Waals surface area contributed by atoms with Gasteiger partial charge in [-0.25, -0.2) is 0 Å². The zero-order valence-electron chi connectivity index (χ0n) is 17.1. The van der Waals surface area contributed by atoms with Gasteiger partial charge in [-0.3, -0.25) is 9.59 Å². The normalized spacial score (nSPS) is 31.6. The zero-order valence-corrected chi connectivity index (χ0v) is 17.1. The van der Waals surface area contributed by atoms with Crippen molar-refractivity contribution in [3.63, 3.8) is 0 Å². The summed E-state index contributed by atoms with van der Waals surface area (Å²) in [6, 6.07) is 6.58. The fourth-order valence-electron chi connectivity index (χ4n) is 4.43. The highest BCUT2D eigenvalue weighted by molar-refractivity contribution is 6.16. The molecule has 170 valence electrons. The monoisotopic (exact) mass is 446 g/mol. The van der Waals surface area contributed by atoms with Crippen LogP contribution in [0.2, 0.25) is 0 Å². The molecular formula is C22H22O10. The van der Waals surface area contributed by atoms with E-state index in [-0.39, 0.29) is 22.3 Å². The van der Waals surface area contributed by atoms with Crippen LogP contribution in [-0.2, 0) is 19.9 Å². The van der Waals surface area contributed by atoms with Crippen LogP contribution < -0.4 is 0 Å².